The van der Waals surface area contributed by atoms with Crippen molar-refractivity contribution < 1.29 is 9.47 Å². The molecule has 0 bridgehead atoms. The third-order valence-electron chi connectivity index (χ3n) is 5.45. The summed E-state index contributed by atoms with van der Waals surface area (Å²) in [4.78, 5) is 4.88. The van der Waals surface area contributed by atoms with E-state index >= 15 is 0 Å². The first-order valence-corrected chi connectivity index (χ1v) is 9.35. The fraction of sp³-hybridized carbons (Fsp3) is 0.650. The van der Waals surface area contributed by atoms with Gasteiger partial charge in [-0.15, -0.1) is 0 Å². The fourth-order valence-corrected chi connectivity index (χ4v) is 3.60. The van der Waals surface area contributed by atoms with Gasteiger partial charge in [0, 0.05) is 45.9 Å². The van der Waals surface area contributed by atoms with Crippen molar-refractivity contribution in [2.75, 3.05) is 59.6 Å². The van der Waals surface area contributed by atoms with Gasteiger partial charge in [0.25, 0.3) is 0 Å². The van der Waals surface area contributed by atoms with Crippen LogP contribution in [0.2, 0.25) is 0 Å². The van der Waals surface area contributed by atoms with E-state index in [1.807, 2.05) is 24.3 Å². The number of nitrogens with zero attached hydrogens (tertiary/aromatic N) is 3. The average Bonchev–Trinajstić information content (AvgIpc) is 2.67. The summed E-state index contributed by atoms with van der Waals surface area (Å²) in [5.74, 6) is 0.891. The summed E-state index contributed by atoms with van der Waals surface area (Å²) in [6.07, 6.45) is 2.59. The van der Waals surface area contributed by atoms with Gasteiger partial charge in [-0.25, -0.2) is 0 Å². The molecule has 2 saturated heterocycles. The average molecular weight is 343 g/mol. The summed E-state index contributed by atoms with van der Waals surface area (Å²) in [5.41, 5.74) is 0.696. The van der Waals surface area contributed by atoms with Gasteiger partial charge in [-0.1, -0.05) is 12.1 Å². The van der Waals surface area contributed by atoms with Gasteiger partial charge in [0.2, 0.25) is 0 Å². The molecule has 0 aromatic heterocycles. The Bertz CT molecular complexity index is 568. The van der Waals surface area contributed by atoms with E-state index < -0.39 is 5.41 Å². The molecule has 0 atom stereocenters. The lowest BCUT2D eigenvalue weighted by Gasteiger charge is -2.32. The highest BCUT2D eigenvalue weighted by molar-refractivity contribution is 5.37. The Morgan fingerprint density at radius 1 is 1.12 bits per heavy atom. The maximum absolute atomic E-state index is 9.63. The fourth-order valence-electron chi connectivity index (χ4n) is 3.60. The number of benzene rings is 1. The van der Waals surface area contributed by atoms with Crippen molar-refractivity contribution in [3.05, 3.63) is 29.8 Å². The minimum Gasteiger partial charge on any atom is -0.494 e. The Morgan fingerprint density at radius 3 is 2.44 bits per heavy atom. The van der Waals surface area contributed by atoms with Crippen molar-refractivity contribution in [2.45, 2.75) is 24.7 Å². The molecule has 0 unspecified atom stereocenters. The number of piperazine rings is 1. The molecule has 0 amide bonds. The van der Waals surface area contributed by atoms with Gasteiger partial charge in [0.05, 0.1) is 18.1 Å². The minimum absolute atomic E-state index is 0.391. The van der Waals surface area contributed by atoms with E-state index in [0.29, 0.717) is 13.2 Å². The van der Waals surface area contributed by atoms with Crippen molar-refractivity contribution in [3.63, 3.8) is 0 Å². The van der Waals surface area contributed by atoms with Crippen molar-refractivity contribution in [1.82, 2.24) is 9.80 Å². The predicted octanol–water partition coefficient (Wildman–Crippen LogP) is 2.27. The van der Waals surface area contributed by atoms with Crippen LogP contribution in [0.3, 0.4) is 0 Å². The highest BCUT2D eigenvalue weighted by Crippen LogP contribution is 2.34. The van der Waals surface area contributed by atoms with E-state index in [0.717, 1.165) is 69.9 Å². The molecule has 2 heterocycles. The van der Waals surface area contributed by atoms with Crippen LogP contribution in [-0.2, 0) is 10.2 Å². The van der Waals surface area contributed by atoms with Gasteiger partial charge in [0.1, 0.15) is 5.75 Å². The predicted molar refractivity (Wildman–Crippen MR) is 97.8 cm³/mol. The van der Waals surface area contributed by atoms with Gasteiger partial charge in [-0.3, -0.25) is 0 Å². The van der Waals surface area contributed by atoms with Crippen LogP contribution in [0.4, 0.5) is 0 Å². The van der Waals surface area contributed by atoms with E-state index in [1.54, 1.807) is 0 Å². The van der Waals surface area contributed by atoms with Crippen LogP contribution >= 0.6 is 0 Å². The maximum Gasteiger partial charge on any atom is 0.119 e. The first-order chi connectivity index (χ1) is 12.2. The second-order valence-electron chi connectivity index (χ2n) is 7.18. The lowest BCUT2D eigenvalue weighted by atomic mass is 9.75. The van der Waals surface area contributed by atoms with Crippen LogP contribution in [0.1, 0.15) is 24.8 Å². The third kappa shape index (κ3) is 4.72. The second kappa shape index (κ2) is 8.66. The Morgan fingerprint density at radius 2 is 1.80 bits per heavy atom. The number of likely N-dealkylation sites (N-methyl/N-ethyl adjacent to an activating group) is 1. The summed E-state index contributed by atoms with van der Waals surface area (Å²) in [7, 11) is 2.18. The van der Waals surface area contributed by atoms with Crippen LogP contribution in [0.25, 0.3) is 0 Å². The highest BCUT2D eigenvalue weighted by atomic mass is 16.5. The smallest absolute Gasteiger partial charge is 0.119 e. The standard InChI is InChI=1S/C20H29N3O2/c1-22-10-12-23(13-11-22)9-2-14-25-19-5-3-18(4-6-19)20(17-21)7-15-24-16-8-20/h3-6H,2,7-16H2,1H3. The van der Waals surface area contributed by atoms with Crippen LogP contribution in [0, 0.1) is 11.3 Å². The summed E-state index contributed by atoms with van der Waals surface area (Å²) in [5, 5.41) is 9.63. The van der Waals surface area contributed by atoms with Gasteiger partial charge >= 0.3 is 0 Å². The summed E-state index contributed by atoms with van der Waals surface area (Å²) >= 11 is 0. The Hall–Kier alpha value is -1.61. The normalized spacial score (nSPS) is 21.6. The molecule has 1 aromatic carbocycles. The van der Waals surface area contributed by atoms with E-state index in [2.05, 4.69) is 22.9 Å². The largest absolute Gasteiger partial charge is 0.494 e. The van der Waals surface area contributed by atoms with Crippen molar-refractivity contribution in [1.29, 1.82) is 5.26 Å². The molecule has 0 spiro atoms. The number of rotatable bonds is 6. The van der Waals surface area contributed by atoms with Crippen LogP contribution < -0.4 is 4.74 Å². The van der Waals surface area contributed by atoms with Gasteiger partial charge in [-0.2, -0.15) is 5.26 Å². The van der Waals surface area contributed by atoms with E-state index in [1.165, 1.54) is 0 Å². The van der Waals surface area contributed by atoms with Crippen molar-refractivity contribution >= 4 is 0 Å². The topological polar surface area (TPSA) is 48.7 Å². The molecule has 2 aliphatic rings. The van der Waals surface area contributed by atoms with E-state index in [-0.39, 0.29) is 0 Å². The molecular weight excluding hydrogens is 314 g/mol. The molecule has 3 rings (SSSR count). The zero-order valence-corrected chi connectivity index (χ0v) is 15.2. The second-order valence-corrected chi connectivity index (χ2v) is 7.18. The molecule has 0 N–H and O–H groups in total. The van der Waals surface area contributed by atoms with Crippen LogP contribution in [0.5, 0.6) is 5.75 Å². The zero-order chi connectivity index (χ0) is 17.5. The van der Waals surface area contributed by atoms with Crippen molar-refractivity contribution in [3.8, 4) is 11.8 Å². The molecule has 0 radical (unpaired) electrons. The first kappa shape index (κ1) is 18.2. The van der Waals surface area contributed by atoms with Crippen molar-refractivity contribution in [2.24, 2.45) is 0 Å². The molecule has 0 saturated carbocycles. The monoisotopic (exact) mass is 343 g/mol. The molecular formula is C20H29N3O2. The Labute approximate surface area is 151 Å². The van der Waals surface area contributed by atoms with Gasteiger partial charge < -0.3 is 19.3 Å². The molecule has 136 valence electrons. The zero-order valence-electron chi connectivity index (χ0n) is 15.2. The molecule has 1 aromatic rings. The maximum atomic E-state index is 9.63. The number of ether oxygens (including phenoxy) is 2. The molecule has 5 nitrogen and oxygen atoms in total. The minimum atomic E-state index is -0.391. The number of nitriles is 1. The Kier molecular flexibility index (Phi) is 6.30. The lowest BCUT2D eigenvalue weighted by Crippen LogP contribution is -2.44. The van der Waals surface area contributed by atoms with Crippen LogP contribution in [-0.4, -0.2) is 69.4 Å². The highest BCUT2D eigenvalue weighted by Gasteiger charge is 2.34. The number of hydrogen-bond acceptors (Lipinski definition) is 5. The summed E-state index contributed by atoms with van der Waals surface area (Å²) in [6.45, 7) is 7.81. The Balaban J connectivity index is 1.44. The summed E-state index contributed by atoms with van der Waals surface area (Å²) < 4.78 is 11.3. The molecule has 25 heavy (non-hydrogen) atoms. The number of hydrogen-bond donors (Lipinski definition) is 0. The van der Waals surface area contributed by atoms with Gasteiger partial charge in [-0.05, 0) is 44.0 Å². The first-order valence-electron chi connectivity index (χ1n) is 9.35. The molecule has 0 aliphatic carbocycles. The van der Waals surface area contributed by atoms with E-state index in [4.69, 9.17) is 9.47 Å². The SMILES string of the molecule is CN1CCN(CCCOc2ccc(C3(C#N)CCOCC3)cc2)CC1. The lowest BCUT2D eigenvalue weighted by molar-refractivity contribution is 0.0675. The van der Waals surface area contributed by atoms with Crippen LogP contribution in [0.15, 0.2) is 24.3 Å². The molecule has 5 heteroatoms. The summed E-state index contributed by atoms with van der Waals surface area (Å²) in [6, 6.07) is 10.6. The third-order valence-corrected chi connectivity index (χ3v) is 5.45. The van der Waals surface area contributed by atoms with Gasteiger partial charge in [0.15, 0.2) is 0 Å². The van der Waals surface area contributed by atoms with E-state index in [9.17, 15) is 5.26 Å². The molecule has 2 aliphatic heterocycles. The quantitative estimate of drug-likeness (QED) is 0.742. The molecule has 2 fully saturated rings.